The van der Waals surface area contributed by atoms with Crippen molar-refractivity contribution < 1.29 is 22.7 Å². The fourth-order valence-electron chi connectivity index (χ4n) is 2.12. The van der Waals surface area contributed by atoms with Crippen LogP contribution >= 0.6 is 0 Å². The smallest absolute Gasteiger partial charge is 0.255 e. The molecule has 0 aliphatic carbocycles. The van der Waals surface area contributed by atoms with Crippen molar-refractivity contribution in [2.45, 2.75) is 13.8 Å². The summed E-state index contributed by atoms with van der Waals surface area (Å²) in [5.41, 5.74) is 0.327. The average Bonchev–Trinajstić information content (AvgIpc) is 2.54. The fraction of sp³-hybridized carbons (Fsp3) is 0.533. The van der Waals surface area contributed by atoms with Crippen molar-refractivity contribution in [2.75, 3.05) is 39.6 Å². The highest BCUT2D eigenvalue weighted by molar-refractivity contribution is 7.89. The minimum absolute atomic E-state index is 0.0346. The van der Waals surface area contributed by atoms with Gasteiger partial charge >= 0.3 is 0 Å². The first-order valence-corrected chi connectivity index (χ1v) is 8.98. The number of nitrogens with zero attached hydrogens (tertiary/aromatic N) is 1. The molecule has 130 valence electrons. The molecule has 0 atom stereocenters. The number of hydrogen-bond acceptors (Lipinski definition) is 5. The van der Waals surface area contributed by atoms with Crippen molar-refractivity contribution >= 4 is 15.9 Å². The Bertz CT molecular complexity index is 627. The summed E-state index contributed by atoms with van der Waals surface area (Å²) in [5.74, 6) is 0.411. The molecule has 1 N–H and O–H groups in total. The average molecular weight is 344 g/mol. The second-order valence-electron chi connectivity index (χ2n) is 4.72. The van der Waals surface area contributed by atoms with Gasteiger partial charge in [-0.15, -0.1) is 0 Å². The summed E-state index contributed by atoms with van der Waals surface area (Å²) in [7, 11) is -0.384. The van der Waals surface area contributed by atoms with E-state index in [1.54, 1.807) is 32.0 Å². The maximum atomic E-state index is 12.2. The first-order valence-electron chi connectivity index (χ1n) is 7.37. The molecular weight excluding hydrogens is 320 g/mol. The van der Waals surface area contributed by atoms with Crippen LogP contribution in [0.5, 0.6) is 11.5 Å². The molecule has 0 aliphatic heterocycles. The zero-order valence-electron chi connectivity index (χ0n) is 14.0. The van der Waals surface area contributed by atoms with Crippen LogP contribution in [0.4, 0.5) is 0 Å². The predicted molar refractivity (Wildman–Crippen MR) is 88.6 cm³/mol. The fourth-order valence-corrected chi connectivity index (χ4v) is 3.53. The number of carbonyl (C=O) groups is 1. The lowest BCUT2D eigenvalue weighted by Gasteiger charge is -2.18. The lowest BCUT2D eigenvalue weighted by Crippen LogP contribution is -2.37. The Labute approximate surface area is 137 Å². The third-order valence-electron chi connectivity index (χ3n) is 3.40. The van der Waals surface area contributed by atoms with Gasteiger partial charge in [0, 0.05) is 25.7 Å². The predicted octanol–water partition coefficient (Wildman–Crippen LogP) is 1.11. The molecular formula is C15H24N2O5S. The number of benzene rings is 1. The molecule has 0 aromatic heterocycles. The number of amides is 1. The number of sulfonamides is 1. The van der Waals surface area contributed by atoms with Gasteiger partial charge in [0.25, 0.3) is 5.91 Å². The summed E-state index contributed by atoms with van der Waals surface area (Å²) < 4.78 is 35.7. The number of nitrogens with one attached hydrogen (secondary N) is 1. The number of ether oxygens (including phenoxy) is 2. The Morgan fingerprint density at radius 1 is 1.17 bits per heavy atom. The van der Waals surface area contributed by atoms with Gasteiger partial charge in [0.1, 0.15) is 11.5 Å². The van der Waals surface area contributed by atoms with Gasteiger partial charge in [0.15, 0.2) is 0 Å². The van der Waals surface area contributed by atoms with E-state index in [0.29, 0.717) is 30.2 Å². The van der Waals surface area contributed by atoms with Crippen molar-refractivity contribution in [1.82, 2.24) is 9.62 Å². The standard InChI is InChI=1S/C15H24N2O5S/c1-5-17(6-2)23(19,20)10-9-16-15(18)13-8-7-12(21-3)11-14(13)22-4/h7-8,11H,5-6,9-10H2,1-4H3,(H,16,18). The van der Waals surface area contributed by atoms with Crippen LogP contribution < -0.4 is 14.8 Å². The Morgan fingerprint density at radius 3 is 2.35 bits per heavy atom. The third-order valence-corrected chi connectivity index (χ3v) is 5.42. The van der Waals surface area contributed by atoms with Gasteiger partial charge < -0.3 is 14.8 Å². The molecule has 0 bridgehead atoms. The Kier molecular flexibility index (Phi) is 7.31. The van der Waals surface area contributed by atoms with E-state index in [1.165, 1.54) is 18.5 Å². The van der Waals surface area contributed by atoms with Gasteiger partial charge in [0.2, 0.25) is 10.0 Å². The number of hydrogen-bond donors (Lipinski definition) is 1. The Balaban J connectivity index is 2.71. The molecule has 1 amide bonds. The van der Waals surface area contributed by atoms with Gasteiger partial charge in [-0.3, -0.25) is 4.79 Å². The molecule has 1 rings (SSSR count). The monoisotopic (exact) mass is 344 g/mol. The third kappa shape index (κ3) is 5.11. The van der Waals surface area contributed by atoms with Crippen LogP contribution in [0, 0.1) is 0 Å². The molecule has 1 aromatic carbocycles. The van der Waals surface area contributed by atoms with E-state index >= 15 is 0 Å². The highest BCUT2D eigenvalue weighted by Crippen LogP contribution is 2.24. The summed E-state index contributed by atoms with van der Waals surface area (Å²) in [5, 5.41) is 2.60. The van der Waals surface area contributed by atoms with Gasteiger partial charge in [-0.05, 0) is 12.1 Å². The van der Waals surface area contributed by atoms with Crippen LogP contribution in [0.2, 0.25) is 0 Å². The van der Waals surface area contributed by atoms with E-state index < -0.39 is 10.0 Å². The van der Waals surface area contributed by atoms with Crippen LogP contribution in [0.25, 0.3) is 0 Å². The van der Waals surface area contributed by atoms with Crippen LogP contribution in [0.15, 0.2) is 18.2 Å². The summed E-state index contributed by atoms with van der Waals surface area (Å²) in [6.07, 6.45) is 0. The maximum Gasteiger partial charge on any atom is 0.255 e. The van der Waals surface area contributed by atoms with E-state index in [9.17, 15) is 13.2 Å². The molecule has 0 saturated carbocycles. The molecule has 0 aliphatic rings. The second-order valence-corrected chi connectivity index (χ2v) is 6.81. The largest absolute Gasteiger partial charge is 0.497 e. The Hall–Kier alpha value is -1.80. The van der Waals surface area contributed by atoms with Crippen LogP contribution in [0.3, 0.4) is 0 Å². The van der Waals surface area contributed by atoms with Crippen molar-refractivity contribution in [2.24, 2.45) is 0 Å². The normalized spacial score (nSPS) is 11.3. The van der Waals surface area contributed by atoms with Crippen LogP contribution in [0.1, 0.15) is 24.2 Å². The quantitative estimate of drug-likeness (QED) is 0.725. The van der Waals surface area contributed by atoms with E-state index in [0.717, 1.165) is 0 Å². The molecule has 0 unspecified atom stereocenters. The maximum absolute atomic E-state index is 12.2. The summed E-state index contributed by atoms with van der Waals surface area (Å²) in [6, 6.07) is 4.82. The first-order chi connectivity index (χ1) is 10.9. The Morgan fingerprint density at radius 2 is 1.83 bits per heavy atom. The molecule has 7 nitrogen and oxygen atoms in total. The first kappa shape index (κ1) is 19.2. The highest BCUT2D eigenvalue weighted by atomic mass is 32.2. The van der Waals surface area contributed by atoms with E-state index in [1.807, 2.05) is 0 Å². The van der Waals surface area contributed by atoms with Crippen LogP contribution in [-0.2, 0) is 10.0 Å². The van der Waals surface area contributed by atoms with Gasteiger partial charge in [-0.1, -0.05) is 13.8 Å². The van der Waals surface area contributed by atoms with Crippen molar-refractivity contribution in [3.8, 4) is 11.5 Å². The zero-order chi connectivity index (χ0) is 17.5. The molecule has 23 heavy (non-hydrogen) atoms. The van der Waals surface area contributed by atoms with E-state index in [-0.39, 0.29) is 18.2 Å². The van der Waals surface area contributed by atoms with E-state index in [2.05, 4.69) is 5.32 Å². The van der Waals surface area contributed by atoms with Crippen molar-refractivity contribution in [1.29, 1.82) is 0 Å². The summed E-state index contributed by atoms with van der Waals surface area (Å²) in [6.45, 7) is 4.43. The number of rotatable bonds is 9. The number of carbonyl (C=O) groups excluding carboxylic acids is 1. The molecule has 0 radical (unpaired) electrons. The molecule has 0 saturated heterocycles. The number of methoxy groups -OCH3 is 2. The molecule has 1 aromatic rings. The summed E-state index contributed by atoms with van der Waals surface area (Å²) >= 11 is 0. The van der Waals surface area contributed by atoms with Gasteiger partial charge in [-0.25, -0.2) is 12.7 Å². The zero-order valence-corrected chi connectivity index (χ0v) is 14.8. The van der Waals surface area contributed by atoms with Crippen molar-refractivity contribution in [3.63, 3.8) is 0 Å². The van der Waals surface area contributed by atoms with Gasteiger partial charge in [-0.2, -0.15) is 0 Å². The molecule has 0 spiro atoms. The molecule has 8 heteroatoms. The summed E-state index contributed by atoms with van der Waals surface area (Å²) in [4.78, 5) is 12.2. The minimum Gasteiger partial charge on any atom is -0.497 e. The minimum atomic E-state index is -3.36. The van der Waals surface area contributed by atoms with E-state index in [4.69, 9.17) is 9.47 Å². The topological polar surface area (TPSA) is 84.9 Å². The SMILES string of the molecule is CCN(CC)S(=O)(=O)CCNC(=O)c1ccc(OC)cc1OC. The second kappa shape index (κ2) is 8.73. The van der Waals surface area contributed by atoms with Crippen molar-refractivity contribution in [3.05, 3.63) is 23.8 Å². The lowest BCUT2D eigenvalue weighted by molar-refractivity contribution is 0.0953. The van der Waals surface area contributed by atoms with Crippen LogP contribution in [-0.4, -0.2) is 58.2 Å². The van der Waals surface area contributed by atoms with Gasteiger partial charge in [0.05, 0.1) is 25.5 Å². The highest BCUT2D eigenvalue weighted by Gasteiger charge is 2.19. The molecule has 0 fully saturated rings. The lowest BCUT2D eigenvalue weighted by atomic mass is 10.2. The molecule has 0 heterocycles.